The molecule has 1 fully saturated rings. The van der Waals surface area contributed by atoms with E-state index < -0.39 is 11.2 Å². The summed E-state index contributed by atoms with van der Waals surface area (Å²) >= 11 is 0. The first-order valence-electron chi connectivity index (χ1n) is 4.96. The van der Waals surface area contributed by atoms with Crippen LogP contribution in [0.15, 0.2) is 0 Å². The van der Waals surface area contributed by atoms with Crippen molar-refractivity contribution in [3.05, 3.63) is 0 Å². The Hall–Kier alpha value is -0.0800. The summed E-state index contributed by atoms with van der Waals surface area (Å²) in [5, 5.41) is 20.1. The molecule has 2 atom stereocenters. The van der Waals surface area contributed by atoms with Crippen LogP contribution in [-0.4, -0.2) is 21.4 Å². The highest BCUT2D eigenvalue weighted by Crippen LogP contribution is 2.39. The lowest BCUT2D eigenvalue weighted by molar-refractivity contribution is -0.168. The summed E-state index contributed by atoms with van der Waals surface area (Å²) in [5.74, 6) is 0. The van der Waals surface area contributed by atoms with Gasteiger partial charge in [-0.3, -0.25) is 0 Å². The van der Waals surface area contributed by atoms with Crippen molar-refractivity contribution >= 4 is 0 Å². The van der Waals surface area contributed by atoms with E-state index in [4.69, 9.17) is 0 Å². The maximum Gasteiger partial charge on any atom is 0.0930 e. The summed E-state index contributed by atoms with van der Waals surface area (Å²) in [4.78, 5) is 0. The molecule has 0 aromatic carbocycles. The van der Waals surface area contributed by atoms with E-state index >= 15 is 0 Å². The monoisotopic (exact) mass is 172 g/mol. The Morgan fingerprint density at radius 1 is 1.17 bits per heavy atom. The zero-order valence-electron chi connectivity index (χ0n) is 8.14. The first-order valence-corrected chi connectivity index (χ1v) is 4.96. The fourth-order valence-electron chi connectivity index (χ4n) is 2.20. The predicted molar refractivity (Wildman–Crippen MR) is 48.9 cm³/mol. The molecule has 2 N–H and O–H groups in total. The van der Waals surface area contributed by atoms with Gasteiger partial charge < -0.3 is 10.2 Å². The lowest BCUT2D eigenvalue weighted by Crippen LogP contribution is -2.54. The Labute approximate surface area is 74.6 Å². The molecule has 0 radical (unpaired) electrons. The second-order valence-electron chi connectivity index (χ2n) is 4.26. The molecule has 1 aliphatic carbocycles. The van der Waals surface area contributed by atoms with Gasteiger partial charge in [0.05, 0.1) is 11.2 Å². The zero-order chi connectivity index (χ0) is 9.24. The molecule has 0 saturated heterocycles. The number of rotatable bonds is 2. The summed E-state index contributed by atoms with van der Waals surface area (Å²) in [7, 11) is 0. The van der Waals surface area contributed by atoms with Gasteiger partial charge in [0.2, 0.25) is 0 Å². The lowest BCUT2D eigenvalue weighted by Gasteiger charge is -2.45. The van der Waals surface area contributed by atoms with Crippen molar-refractivity contribution in [2.75, 3.05) is 0 Å². The van der Waals surface area contributed by atoms with Crippen LogP contribution in [0.25, 0.3) is 0 Å². The van der Waals surface area contributed by atoms with Gasteiger partial charge in [-0.1, -0.05) is 26.2 Å². The van der Waals surface area contributed by atoms with Crippen molar-refractivity contribution in [3.8, 4) is 0 Å². The van der Waals surface area contributed by atoms with Gasteiger partial charge in [0, 0.05) is 0 Å². The minimum Gasteiger partial charge on any atom is -0.387 e. The molecular weight excluding hydrogens is 152 g/mol. The molecule has 2 nitrogen and oxygen atoms in total. The quantitative estimate of drug-likeness (QED) is 0.667. The van der Waals surface area contributed by atoms with Gasteiger partial charge in [0.1, 0.15) is 0 Å². The van der Waals surface area contributed by atoms with Crippen molar-refractivity contribution in [1.29, 1.82) is 0 Å². The van der Waals surface area contributed by atoms with Gasteiger partial charge in [0.15, 0.2) is 0 Å². The van der Waals surface area contributed by atoms with Gasteiger partial charge in [-0.15, -0.1) is 0 Å². The second-order valence-corrected chi connectivity index (χ2v) is 4.26. The van der Waals surface area contributed by atoms with Gasteiger partial charge in [-0.25, -0.2) is 0 Å². The summed E-state index contributed by atoms with van der Waals surface area (Å²) in [5.41, 5.74) is -1.68. The molecule has 0 aliphatic heterocycles. The molecule has 0 aromatic rings. The molecule has 1 rings (SSSR count). The molecule has 2 unspecified atom stereocenters. The van der Waals surface area contributed by atoms with Crippen LogP contribution >= 0.6 is 0 Å². The van der Waals surface area contributed by atoms with E-state index in [9.17, 15) is 10.2 Å². The van der Waals surface area contributed by atoms with Crippen molar-refractivity contribution < 1.29 is 10.2 Å². The van der Waals surface area contributed by atoms with Crippen molar-refractivity contribution in [2.45, 2.75) is 63.6 Å². The summed E-state index contributed by atoms with van der Waals surface area (Å²) < 4.78 is 0. The van der Waals surface area contributed by atoms with Crippen LogP contribution in [0.2, 0.25) is 0 Å². The average Bonchev–Trinajstić information content (AvgIpc) is 1.96. The lowest BCUT2D eigenvalue weighted by atomic mass is 9.70. The molecule has 2 heteroatoms. The van der Waals surface area contributed by atoms with E-state index in [1.54, 1.807) is 6.92 Å². The summed E-state index contributed by atoms with van der Waals surface area (Å²) in [6.07, 6.45) is 5.25. The molecule has 0 aromatic heterocycles. The Bertz CT molecular complexity index is 150. The van der Waals surface area contributed by atoms with Crippen molar-refractivity contribution in [1.82, 2.24) is 0 Å². The molecule has 12 heavy (non-hydrogen) atoms. The van der Waals surface area contributed by atoms with Gasteiger partial charge in [0.25, 0.3) is 0 Å². The van der Waals surface area contributed by atoms with Crippen molar-refractivity contribution in [2.24, 2.45) is 0 Å². The minimum absolute atomic E-state index is 0.722. The highest BCUT2D eigenvalue weighted by molar-refractivity contribution is 4.99. The van der Waals surface area contributed by atoms with E-state index in [1.165, 1.54) is 0 Å². The van der Waals surface area contributed by atoms with Crippen LogP contribution in [0.5, 0.6) is 0 Å². The molecule has 72 valence electrons. The normalized spacial score (nSPS) is 43.0. The highest BCUT2D eigenvalue weighted by atomic mass is 16.4. The largest absolute Gasteiger partial charge is 0.387 e. The van der Waals surface area contributed by atoms with Crippen LogP contribution in [0.4, 0.5) is 0 Å². The van der Waals surface area contributed by atoms with Gasteiger partial charge in [-0.05, 0) is 26.2 Å². The summed E-state index contributed by atoms with van der Waals surface area (Å²) in [6.45, 7) is 3.81. The maximum absolute atomic E-state index is 10.1. The van der Waals surface area contributed by atoms with Crippen LogP contribution in [0.3, 0.4) is 0 Å². The molecule has 0 bridgehead atoms. The Balaban J connectivity index is 2.69. The third-order valence-corrected chi connectivity index (χ3v) is 3.17. The Morgan fingerprint density at radius 3 is 2.25 bits per heavy atom. The first-order chi connectivity index (χ1) is 5.52. The standard InChI is InChI=1S/C10H20O2/c1-3-6-10(12)8-5-4-7-9(10,2)11/h11-12H,3-8H2,1-2H3. The van der Waals surface area contributed by atoms with Crippen LogP contribution in [0, 0.1) is 0 Å². The number of hydrogen-bond acceptors (Lipinski definition) is 2. The number of hydrogen-bond donors (Lipinski definition) is 2. The van der Waals surface area contributed by atoms with Crippen LogP contribution in [-0.2, 0) is 0 Å². The molecule has 1 saturated carbocycles. The summed E-state index contributed by atoms with van der Waals surface area (Å²) in [6, 6.07) is 0. The highest BCUT2D eigenvalue weighted by Gasteiger charge is 2.46. The van der Waals surface area contributed by atoms with E-state index in [1.807, 2.05) is 6.92 Å². The SMILES string of the molecule is CCCC1(O)CCCCC1(C)O. The molecule has 0 spiro atoms. The van der Waals surface area contributed by atoms with Gasteiger partial charge in [-0.2, -0.15) is 0 Å². The molecule has 0 amide bonds. The fourth-order valence-corrected chi connectivity index (χ4v) is 2.20. The van der Waals surface area contributed by atoms with Gasteiger partial charge >= 0.3 is 0 Å². The van der Waals surface area contributed by atoms with Crippen molar-refractivity contribution in [3.63, 3.8) is 0 Å². The Kier molecular flexibility index (Phi) is 2.79. The van der Waals surface area contributed by atoms with E-state index in [2.05, 4.69) is 0 Å². The molecule has 0 heterocycles. The van der Waals surface area contributed by atoms with E-state index in [0.717, 1.165) is 38.5 Å². The topological polar surface area (TPSA) is 40.5 Å². The maximum atomic E-state index is 10.1. The van der Waals surface area contributed by atoms with Crippen LogP contribution < -0.4 is 0 Å². The number of aliphatic hydroxyl groups is 2. The third kappa shape index (κ3) is 1.64. The van der Waals surface area contributed by atoms with E-state index in [0.29, 0.717) is 0 Å². The fraction of sp³-hybridized carbons (Fsp3) is 1.00. The average molecular weight is 172 g/mol. The smallest absolute Gasteiger partial charge is 0.0930 e. The molecular formula is C10H20O2. The molecule has 1 aliphatic rings. The predicted octanol–water partition coefficient (Wildman–Crippen LogP) is 1.84. The van der Waals surface area contributed by atoms with Crippen LogP contribution in [0.1, 0.15) is 52.4 Å². The second kappa shape index (κ2) is 3.35. The minimum atomic E-state index is -0.860. The Morgan fingerprint density at radius 2 is 1.75 bits per heavy atom. The third-order valence-electron chi connectivity index (χ3n) is 3.17. The zero-order valence-corrected chi connectivity index (χ0v) is 8.14. The first kappa shape index (κ1) is 10.0. The van der Waals surface area contributed by atoms with E-state index in [-0.39, 0.29) is 0 Å².